The molecule has 1 aliphatic rings. The fourth-order valence-electron chi connectivity index (χ4n) is 4.96. The molecule has 4 rings (SSSR count). The number of hydrogen-bond donors (Lipinski definition) is 1. The average Bonchev–Trinajstić information content (AvgIpc) is 2.91. The molecule has 218 valence electrons. The molecule has 1 amide bonds. The third kappa shape index (κ3) is 6.98. The monoisotopic (exact) mass is 574 g/mol. The molecular weight excluding hydrogens is 544 g/mol. The van der Waals surface area contributed by atoms with Crippen LogP contribution in [0.4, 0.5) is 23.2 Å². The van der Waals surface area contributed by atoms with Crippen LogP contribution < -0.4 is 9.64 Å². The van der Waals surface area contributed by atoms with Gasteiger partial charge in [-0.25, -0.2) is 14.2 Å². The molecule has 2 heterocycles. The maximum Gasteiger partial charge on any atom is 0.421 e. The molecule has 0 unspecified atom stereocenters. The summed E-state index contributed by atoms with van der Waals surface area (Å²) in [7, 11) is 0. The predicted molar refractivity (Wildman–Crippen MR) is 141 cm³/mol. The Morgan fingerprint density at radius 2 is 1.78 bits per heavy atom. The number of benzene rings is 1. The van der Waals surface area contributed by atoms with Crippen molar-refractivity contribution in [2.75, 3.05) is 4.90 Å². The minimum atomic E-state index is -4.91. The SMILES string of the molecule is CC(C)N(c1cc(F)c(Oc2ncc(Cc3cnccn3)cc2C(F)(F)F)cc1C(=O)O)C(=O)[C@H]1CC[C@H](C)CC1. The summed E-state index contributed by atoms with van der Waals surface area (Å²) in [6.07, 6.45) is 3.43. The Morgan fingerprint density at radius 3 is 2.37 bits per heavy atom. The number of hydrogen-bond acceptors (Lipinski definition) is 6. The van der Waals surface area contributed by atoms with Crippen molar-refractivity contribution in [1.29, 1.82) is 0 Å². The van der Waals surface area contributed by atoms with Crippen molar-refractivity contribution in [2.24, 2.45) is 11.8 Å². The molecule has 41 heavy (non-hydrogen) atoms. The standard InChI is InChI=1S/C29H30F4N4O4/c1-16(2)37(27(38)19-6-4-17(3)5-7-19)24-13-23(30)25(12-21(24)28(39)40)41-26-22(29(31,32)33)11-18(14-36-26)10-20-15-34-8-9-35-20/h8-9,11-17,19H,4-7,10H2,1-3H3,(H,39,40)/t17-,19-. The molecule has 0 radical (unpaired) electrons. The Balaban J connectivity index is 1.69. The number of carboxylic acids is 1. The van der Waals surface area contributed by atoms with Crippen molar-refractivity contribution in [2.45, 2.75) is 65.1 Å². The second-order valence-electron chi connectivity index (χ2n) is 10.5. The Bertz CT molecular complexity index is 1410. The van der Waals surface area contributed by atoms with Crippen LogP contribution in [0.2, 0.25) is 0 Å². The minimum absolute atomic E-state index is 0.00932. The zero-order valence-corrected chi connectivity index (χ0v) is 22.8. The van der Waals surface area contributed by atoms with Gasteiger partial charge in [-0.2, -0.15) is 13.2 Å². The number of halogens is 4. The first-order valence-corrected chi connectivity index (χ1v) is 13.2. The molecule has 0 bridgehead atoms. The quantitative estimate of drug-likeness (QED) is 0.299. The maximum absolute atomic E-state index is 15.4. The van der Waals surface area contributed by atoms with E-state index in [0.717, 1.165) is 37.2 Å². The van der Waals surface area contributed by atoms with Gasteiger partial charge in [-0.1, -0.05) is 6.92 Å². The van der Waals surface area contributed by atoms with Crippen LogP contribution in [-0.4, -0.2) is 38.0 Å². The second kappa shape index (κ2) is 12.2. The number of rotatable bonds is 8. The number of carbonyl (C=O) groups excluding carboxylic acids is 1. The fraction of sp³-hybridized carbons (Fsp3) is 0.414. The van der Waals surface area contributed by atoms with Crippen molar-refractivity contribution in [3.63, 3.8) is 0 Å². The van der Waals surface area contributed by atoms with E-state index in [1.54, 1.807) is 13.8 Å². The first-order valence-electron chi connectivity index (χ1n) is 13.2. The topological polar surface area (TPSA) is 106 Å². The van der Waals surface area contributed by atoms with Gasteiger partial charge >= 0.3 is 12.1 Å². The first-order chi connectivity index (χ1) is 19.3. The van der Waals surface area contributed by atoms with Crippen LogP contribution in [-0.2, 0) is 17.4 Å². The van der Waals surface area contributed by atoms with Crippen LogP contribution in [0.15, 0.2) is 43.0 Å². The van der Waals surface area contributed by atoms with E-state index >= 15 is 4.39 Å². The van der Waals surface area contributed by atoms with Gasteiger partial charge in [0.25, 0.3) is 0 Å². The Kier molecular flexibility index (Phi) is 8.89. The van der Waals surface area contributed by atoms with E-state index < -0.39 is 46.8 Å². The lowest BCUT2D eigenvalue weighted by molar-refractivity contribution is -0.139. The van der Waals surface area contributed by atoms with Crippen LogP contribution in [0.1, 0.15) is 73.6 Å². The highest BCUT2D eigenvalue weighted by atomic mass is 19.4. The van der Waals surface area contributed by atoms with Gasteiger partial charge in [0.15, 0.2) is 11.6 Å². The van der Waals surface area contributed by atoms with Crippen molar-refractivity contribution in [1.82, 2.24) is 15.0 Å². The number of anilines is 1. The molecule has 1 saturated carbocycles. The summed E-state index contributed by atoms with van der Waals surface area (Å²) in [5, 5.41) is 9.94. The van der Waals surface area contributed by atoms with Gasteiger partial charge in [-0.05, 0) is 57.1 Å². The second-order valence-corrected chi connectivity index (χ2v) is 10.5. The summed E-state index contributed by atoms with van der Waals surface area (Å²) < 4.78 is 62.5. The average molecular weight is 575 g/mol. The number of carboxylic acid groups (broad SMARTS) is 1. The lowest BCUT2D eigenvalue weighted by Crippen LogP contribution is -2.43. The van der Waals surface area contributed by atoms with Gasteiger partial charge in [0.1, 0.15) is 5.56 Å². The van der Waals surface area contributed by atoms with Crippen LogP contribution in [0.25, 0.3) is 0 Å². The Hall–Kier alpha value is -4.09. The van der Waals surface area contributed by atoms with Crippen molar-refractivity contribution in [3.8, 4) is 11.6 Å². The zero-order valence-electron chi connectivity index (χ0n) is 22.8. The molecule has 0 spiro atoms. The molecule has 0 aliphatic heterocycles. The molecule has 0 atom stereocenters. The van der Waals surface area contributed by atoms with Crippen LogP contribution in [0, 0.1) is 17.7 Å². The number of aromatic nitrogens is 3. The summed E-state index contributed by atoms with van der Waals surface area (Å²) in [5.41, 5.74) is -1.37. The maximum atomic E-state index is 15.4. The van der Waals surface area contributed by atoms with Crippen molar-refractivity contribution < 1.29 is 37.0 Å². The van der Waals surface area contributed by atoms with E-state index in [1.807, 2.05) is 0 Å². The number of alkyl halides is 3. The minimum Gasteiger partial charge on any atom is -0.478 e. The Labute approximate surface area is 234 Å². The summed E-state index contributed by atoms with van der Waals surface area (Å²) in [5.74, 6) is -4.53. The number of nitrogens with zero attached hydrogens (tertiary/aromatic N) is 4. The summed E-state index contributed by atoms with van der Waals surface area (Å²) >= 11 is 0. The zero-order chi connectivity index (χ0) is 29.9. The van der Waals surface area contributed by atoms with E-state index in [9.17, 15) is 27.9 Å². The van der Waals surface area contributed by atoms with E-state index in [0.29, 0.717) is 24.5 Å². The van der Waals surface area contributed by atoms with Crippen LogP contribution >= 0.6 is 0 Å². The smallest absolute Gasteiger partial charge is 0.421 e. The molecule has 2 aromatic heterocycles. The first kappa shape index (κ1) is 29.9. The number of ether oxygens (including phenoxy) is 1. The van der Waals surface area contributed by atoms with Crippen molar-refractivity contribution >= 4 is 17.6 Å². The molecule has 1 aromatic carbocycles. The third-order valence-electron chi connectivity index (χ3n) is 7.08. The molecule has 8 nitrogen and oxygen atoms in total. The van der Waals surface area contributed by atoms with Gasteiger partial charge < -0.3 is 14.7 Å². The van der Waals surface area contributed by atoms with Gasteiger partial charge in [0.2, 0.25) is 11.8 Å². The van der Waals surface area contributed by atoms with Crippen LogP contribution in [0.3, 0.4) is 0 Å². The van der Waals surface area contributed by atoms with E-state index in [4.69, 9.17) is 4.74 Å². The van der Waals surface area contributed by atoms with Crippen LogP contribution in [0.5, 0.6) is 11.6 Å². The summed E-state index contributed by atoms with van der Waals surface area (Å²) in [6, 6.07) is 1.91. The lowest BCUT2D eigenvalue weighted by Gasteiger charge is -2.34. The van der Waals surface area contributed by atoms with Gasteiger partial charge in [-0.15, -0.1) is 0 Å². The van der Waals surface area contributed by atoms with Gasteiger partial charge in [0.05, 0.1) is 16.9 Å². The molecule has 1 fully saturated rings. The predicted octanol–water partition coefficient (Wildman–Crippen LogP) is 6.68. The molecule has 12 heteroatoms. The molecule has 1 aliphatic carbocycles. The third-order valence-corrected chi connectivity index (χ3v) is 7.08. The largest absolute Gasteiger partial charge is 0.478 e. The molecule has 0 saturated heterocycles. The number of carbonyl (C=O) groups is 2. The van der Waals surface area contributed by atoms with E-state index in [1.165, 1.54) is 23.5 Å². The normalized spacial score (nSPS) is 17.4. The van der Waals surface area contributed by atoms with Gasteiger partial charge in [0, 0.05) is 55.3 Å². The fourth-order valence-corrected chi connectivity index (χ4v) is 4.96. The highest BCUT2D eigenvalue weighted by molar-refractivity contribution is 6.03. The summed E-state index contributed by atoms with van der Waals surface area (Å²) in [4.78, 5) is 38.6. The van der Waals surface area contributed by atoms with E-state index in [2.05, 4.69) is 21.9 Å². The Morgan fingerprint density at radius 1 is 1.07 bits per heavy atom. The number of amides is 1. The summed E-state index contributed by atoms with van der Waals surface area (Å²) in [6.45, 7) is 5.46. The number of aromatic carboxylic acids is 1. The highest BCUT2D eigenvalue weighted by Crippen LogP contribution is 2.40. The molecule has 3 aromatic rings. The molecular formula is C29H30F4N4O4. The highest BCUT2D eigenvalue weighted by Gasteiger charge is 2.37. The van der Waals surface area contributed by atoms with E-state index in [-0.39, 0.29) is 29.5 Å². The number of pyridine rings is 1. The van der Waals surface area contributed by atoms with Crippen molar-refractivity contribution in [3.05, 3.63) is 71.2 Å². The lowest BCUT2D eigenvalue weighted by atomic mass is 9.82. The van der Waals surface area contributed by atoms with Gasteiger partial charge in [-0.3, -0.25) is 14.8 Å². The molecule has 1 N–H and O–H groups in total.